The second kappa shape index (κ2) is 3.86. The van der Waals surface area contributed by atoms with Gasteiger partial charge in [-0.05, 0) is 13.0 Å². The van der Waals surface area contributed by atoms with E-state index in [1.807, 2.05) is 30.1 Å². The lowest BCUT2D eigenvalue weighted by Gasteiger charge is -2.38. The van der Waals surface area contributed by atoms with Crippen LogP contribution in [0.15, 0.2) is 18.5 Å². The quantitative estimate of drug-likeness (QED) is 0.801. The van der Waals surface area contributed by atoms with E-state index in [2.05, 4.69) is 19.4 Å². The monoisotopic (exact) mass is 235 g/mol. The standard InChI is InChI=1S/C10H13N5S/c1-8-12-10(16-13-8)14-5-9(6-14)7-15-4-2-3-11-15/h2-4,9H,5-7H2,1H3. The van der Waals surface area contributed by atoms with Gasteiger partial charge in [-0.1, -0.05) is 0 Å². The Kier molecular flexibility index (Phi) is 2.36. The number of anilines is 1. The molecule has 0 N–H and O–H groups in total. The number of hydrogen-bond donors (Lipinski definition) is 0. The van der Waals surface area contributed by atoms with Gasteiger partial charge in [0.15, 0.2) is 0 Å². The fourth-order valence-corrected chi connectivity index (χ4v) is 2.62. The van der Waals surface area contributed by atoms with Crippen LogP contribution in [0.1, 0.15) is 5.82 Å². The number of nitrogens with zero attached hydrogens (tertiary/aromatic N) is 5. The summed E-state index contributed by atoms with van der Waals surface area (Å²) in [6.45, 7) is 5.06. The fourth-order valence-electron chi connectivity index (χ4n) is 1.93. The predicted octanol–water partition coefficient (Wildman–Crippen LogP) is 1.18. The number of rotatable bonds is 3. The van der Waals surface area contributed by atoms with Crippen molar-refractivity contribution < 1.29 is 0 Å². The molecule has 0 spiro atoms. The summed E-state index contributed by atoms with van der Waals surface area (Å²) < 4.78 is 6.19. The molecule has 1 aliphatic heterocycles. The Bertz CT molecular complexity index is 457. The van der Waals surface area contributed by atoms with E-state index in [0.717, 1.165) is 30.6 Å². The molecule has 2 aromatic heterocycles. The van der Waals surface area contributed by atoms with E-state index in [4.69, 9.17) is 0 Å². The van der Waals surface area contributed by atoms with Gasteiger partial charge in [-0.2, -0.15) is 9.47 Å². The van der Waals surface area contributed by atoms with Crippen LogP contribution in [0.5, 0.6) is 0 Å². The first-order valence-corrected chi connectivity index (χ1v) is 6.11. The third kappa shape index (κ3) is 1.80. The lowest BCUT2D eigenvalue weighted by Crippen LogP contribution is -2.48. The maximum Gasteiger partial charge on any atom is 0.205 e. The van der Waals surface area contributed by atoms with E-state index >= 15 is 0 Å². The summed E-state index contributed by atoms with van der Waals surface area (Å²) in [5.41, 5.74) is 0. The second-order valence-corrected chi connectivity index (χ2v) is 4.85. The van der Waals surface area contributed by atoms with Gasteiger partial charge >= 0.3 is 0 Å². The predicted molar refractivity (Wildman–Crippen MR) is 62.6 cm³/mol. The zero-order valence-electron chi connectivity index (χ0n) is 9.08. The molecule has 16 heavy (non-hydrogen) atoms. The molecule has 0 unspecified atom stereocenters. The Morgan fingerprint density at radius 1 is 1.50 bits per heavy atom. The molecular formula is C10H13N5S. The zero-order valence-corrected chi connectivity index (χ0v) is 9.89. The van der Waals surface area contributed by atoms with Crippen LogP contribution in [0.2, 0.25) is 0 Å². The molecule has 3 heterocycles. The van der Waals surface area contributed by atoms with Crippen LogP contribution in [0.25, 0.3) is 0 Å². The third-order valence-electron chi connectivity index (χ3n) is 2.75. The average Bonchev–Trinajstić information content (AvgIpc) is 2.82. The van der Waals surface area contributed by atoms with Crippen molar-refractivity contribution in [1.29, 1.82) is 0 Å². The molecule has 0 atom stereocenters. The summed E-state index contributed by atoms with van der Waals surface area (Å²) in [4.78, 5) is 6.65. The molecule has 3 rings (SSSR count). The van der Waals surface area contributed by atoms with Gasteiger partial charge in [0.05, 0.1) is 0 Å². The summed E-state index contributed by atoms with van der Waals surface area (Å²) >= 11 is 1.49. The van der Waals surface area contributed by atoms with Gasteiger partial charge in [-0.25, -0.2) is 4.98 Å². The summed E-state index contributed by atoms with van der Waals surface area (Å²) in [6, 6.07) is 1.96. The van der Waals surface area contributed by atoms with E-state index in [1.54, 1.807) is 0 Å². The second-order valence-electron chi connectivity index (χ2n) is 4.12. The maximum atomic E-state index is 4.38. The molecule has 5 nitrogen and oxygen atoms in total. The molecule has 2 aromatic rings. The molecule has 1 aliphatic rings. The molecule has 0 aliphatic carbocycles. The van der Waals surface area contributed by atoms with E-state index in [1.165, 1.54) is 11.5 Å². The molecule has 0 bridgehead atoms. The topological polar surface area (TPSA) is 46.8 Å². The highest BCUT2D eigenvalue weighted by molar-refractivity contribution is 7.09. The van der Waals surface area contributed by atoms with Crippen LogP contribution >= 0.6 is 11.5 Å². The van der Waals surface area contributed by atoms with Crippen LogP contribution in [0.3, 0.4) is 0 Å². The largest absolute Gasteiger partial charge is 0.346 e. The summed E-state index contributed by atoms with van der Waals surface area (Å²) in [5, 5.41) is 5.26. The Morgan fingerprint density at radius 2 is 2.38 bits per heavy atom. The highest BCUT2D eigenvalue weighted by Gasteiger charge is 2.29. The lowest BCUT2D eigenvalue weighted by molar-refractivity contribution is 0.342. The van der Waals surface area contributed by atoms with Crippen LogP contribution in [-0.2, 0) is 6.54 Å². The van der Waals surface area contributed by atoms with Gasteiger partial charge in [-0.3, -0.25) is 4.68 Å². The molecule has 0 radical (unpaired) electrons. The highest BCUT2D eigenvalue weighted by atomic mass is 32.1. The van der Waals surface area contributed by atoms with Crippen molar-refractivity contribution in [2.45, 2.75) is 13.5 Å². The Hall–Kier alpha value is -1.43. The van der Waals surface area contributed by atoms with Crippen molar-refractivity contribution in [1.82, 2.24) is 19.1 Å². The molecule has 0 saturated carbocycles. The van der Waals surface area contributed by atoms with Crippen LogP contribution < -0.4 is 4.90 Å². The van der Waals surface area contributed by atoms with E-state index < -0.39 is 0 Å². The first-order valence-electron chi connectivity index (χ1n) is 5.34. The van der Waals surface area contributed by atoms with Crippen molar-refractivity contribution in [2.24, 2.45) is 5.92 Å². The van der Waals surface area contributed by atoms with Gasteiger partial charge < -0.3 is 4.90 Å². The first-order chi connectivity index (χ1) is 7.81. The molecule has 0 aromatic carbocycles. The molecular weight excluding hydrogens is 222 g/mol. The third-order valence-corrected chi connectivity index (χ3v) is 3.62. The highest BCUT2D eigenvalue weighted by Crippen LogP contribution is 2.26. The van der Waals surface area contributed by atoms with E-state index in [-0.39, 0.29) is 0 Å². The molecule has 84 valence electrons. The molecule has 6 heteroatoms. The Morgan fingerprint density at radius 3 is 3.00 bits per heavy atom. The van der Waals surface area contributed by atoms with Gasteiger partial charge in [0.25, 0.3) is 0 Å². The van der Waals surface area contributed by atoms with Crippen LogP contribution in [0.4, 0.5) is 5.13 Å². The van der Waals surface area contributed by atoms with Gasteiger partial charge in [-0.15, -0.1) is 0 Å². The van der Waals surface area contributed by atoms with Crippen molar-refractivity contribution >= 4 is 16.7 Å². The summed E-state index contributed by atoms with van der Waals surface area (Å²) in [5.74, 6) is 1.56. The van der Waals surface area contributed by atoms with Gasteiger partial charge in [0.1, 0.15) is 5.82 Å². The first kappa shape index (κ1) is 9.77. The number of aromatic nitrogens is 4. The number of hydrogen-bond acceptors (Lipinski definition) is 5. The van der Waals surface area contributed by atoms with Crippen molar-refractivity contribution in [2.75, 3.05) is 18.0 Å². The minimum atomic E-state index is 0.684. The SMILES string of the molecule is Cc1nsc(N2CC(Cn3cccn3)C2)n1. The van der Waals surface area contributed by atoms with Crippen molar-refractivity contribution in [3.63, 3.8) is 0 Å². The van der Waals surface area contributed by atoms with E-state index in [0.29, 0.717) is 5.92 Å². The average molecular weight is 235 g/mol. The zero-order chi connectivity index (χ0) is 11.0. The lowest BCUT2D eigenvalue weighted by atomic mass is 10.0. The number of aryl methyl sites for hydroxylation is 1. The van der Waals surface area contributed by atoms with Crippen molar-refractivity contribution in [3.05, 3.63) is 24.3 Å². The van der Waals surface area contributed by atoms with Crippen LogP contribution in [0, 0.1) is 12.8 Å². The molecule has 1 fully saturated rings. The van der Waals surface area contributed by atoms with Crippen molar-refractivity contribution in [3.8, 4) is 0 Å². The maximum absolute atomic E-state index is 4.38. The van der Waals surface area contributed by atoms with Gasteiger partial charge in [0, 0.05) is 49.5 Å². The minimum absolute atomic E-state index is 0.684. The summed E-state index contributed by atoms with van der Waals surface area (Å²) in [6.07, 6.45) is 3.84. The Balaban J connectivity index is 1.55. The Labute approximate surface area is 97.9 Å². The van der Waals surface area contributed by atoms with Gasteiger partial charge in [0.2, 0.25) is 5.13 Å². The smallest absolute Gasteiger partial charge is 0.205 e. The van der Waals surface area contributed by atoms with E-state index in [9.17, 15) is 0 Å². The minimum Gasteiger partial charge on any atom is -0.346 e. The molecule has 1 saturated heterocycles. The fraction of sp³-hybridized carbons (Fsp3) is 0.500. The summed E-state index contributed by atoms with van der Waals surface area (Å²) in [7, 11) is 0. The van der Waals surface area contributed by atoms with Crippen LogP contribution in [-0.4, -0.2) is 32.2 Å². The normalized spacial score (nSPS) is 16.4. The molecule has 0 amide bonds.